The minimum atomic E-state index is -0.338. The standard InChI is InChI=1S/C33H20BrN3O/c34-28-19-9-18-27-26-17-8-16-25(29(26)38-30(27)28)23-14-7-15-24(20-23)33-36-31(21-10-3-1-4-11-21)35-32(37-33)22-12-5-2-6-13-22/h1-20H/i8D,9D,16D,17D,18D,19D. The number of nitrogens with zero attached hydrogens (tertiary/aromatic N) is 3. The maximum Gasteiger partial charge on any atom is 0.164 e. The van der Waals surface area contributed by atoms with Crippen molar-refractivity contribution < 1.29 is 12.6 Å². The zero-order valence-corrected chi connectivity index (χ0v) is 21.3. The lowest BCUT2D eigenvalue weighted by atomic mass is 10.00. The normalized spacial score (nSPS) is 13.5. The largest absolute Gasteiger partial charge is 0.454 e. The Bertz CT molecular complexity index is 2200. The average Bonchev–Trinajstić information content (AvgIpc) is 3.47. The molecule has 0 bridgehead atoms. The molecule has 0 aliphatic rings. The lowest BCUT2D eigenvalue weighted by Crippen LogP contribution is -2.00. The van der Waals surface area contributed by atoms with E-state index in [9.17, 15) is 0 Å². The summed E-state index contributed by atoms with van der Waals surface area (Å²) in [6.07, 6.45) is 0. The average molecular weight is 560 g/mol. The molecule has 5 aromatic carbocycles. The Balaban J connectivity index is 1.48. The molecule has 180 valence electrons. The number of fused-ring (bicyclic) bond motifs is 3. The monoisotopic (exact) mass is 559 g/mol. The summed E-state index contributed by atoms with van der Waals surface area (Å²) in [5.74, 6) is 1.40. The first kappa shape index (κ1) is 17.0. The van der Waals surface area contributed by atoms with E-state index in [4.69, 9.17) is 27.6 Å². The number of aromatic nitrogens is 3. The summed E-state index contributed by atoms with van der Waals surface area (Å²) < 4.78 is 57.5. The molecule has 7 aromatic rings. The highest BCUT2D eigenvalue weighted by Crippen LogP contribution is 2.39. The van der Waals surface area contributed by atoms with Gasteiger partial charge < -0.3 is 4.42 Å². The van der Waals surface area contributed by atoms with Crippen LogP contribution in [-0.4, -0.2) is 15.0 Å². The first-order chi connectivity index (χ1) is 21.2. The Kier molecular flexibility index (Phi) is 4.19. The zero-order chi connectivity index (χ0) is 30.7. The van der Waals surface area contributed by atoms with Crippen LogP contribution in [0.4, 0.5) is 0 Å². The molecule has 2 heterocycles. The smallest absolute Gasteiger partial charge is 0.164 e. The minimum absolute atomic E-state index is 0.124. The molecule has 0 saturated carbocycles. The van der Waals surface area contributed by atoms with Crippen LogP contribution in [0.25, 0.3) is 67.2 Å². The molecule has 0 atom stereocenters. The van der Waals surface area contributed by atoms with Gasteiger partial charge in [0.15, 0.2) is 17.5 Å². The fourth-order valence-electron chi connectivity index (χ4n) is 4.37. The molecule has 0 radical (unpaired) electrons. The molecule has 0 fully saturated rings. The Labute approximate surface area is 236 Å². The molecule has 0 aliphatic heterocycles. The van der Waals surface area contributed by atoms with Crippen LogP contribution in [-0.2, 0) is 0 Å². The van der Waals surface area contributed by atoms with Crippen LogP contribution in [0.5, 0.6) is 0 Å². The Hall–Kier alpha value is -4.61. The second-order valence-electron chi connectivity index (χ2n) is 8.57. The van der Waals surface area contributed by atoms with E-state index < -0.39 is 0 Å². The summed E-state index contributed by atoms with van der Waals surface area (Å²) in [6.45, 7) is 0. The third kappa shape index (κ3) is 3.98. The van der Waals surface area contributed by atoms with Gasteiger partial charge in [-0.3, -0.25) is 0 Å². The number of hydrogen-bond acceptors (Lipinski definition) is 4. The van der Waals surface area contributed by atoms with Crippen LogP contribution in [0.2, 0.25) is 0 Å². The number of benzene rings is 5. The van der Waals surface area contributed by atoms with Crippen molar-refractivity contribution in [3.8, 4) is 45.3 Å². The summed E-state index contributed by atoms with van der Waals surface area (Å²) in [4.78, 5) is 14.3. The topological polar surface area (TPSA) is 51.8 Å². The Morgan fingerprint density at radius 1 is 0.553 bits per heavy atom. The zero-order valence-electron chi connectivity index (χ0n) is 25.7. The van der Waals surface area contributed by atoms with E-state index in [2.05, 4.69) is 15.9 Å². The second kappa shape index (κ2) is 9.36. The molecular weight excluding hydrogens is 534 g/mol. The van der Waals surface area contributed by atoms with Crippen LogP contribution in [0.15, 0.2) is 130 Å². The molecule has 7 rings (SSSR count). The fraction of sp³-hybridized carbons (Fsp3) is 0. The van der Waals surface area contributed by atoms with Crippen LogP contribution in [0.3, 0.4) is 0 Å². The van der Waals surface area contributed by atoms with Crippen molar-refractivity contribution in [2.45, 2.75) is 0 Å². The number of hydrogen-bond donors (Lipinski definition) is 0. The van der Waals surface area contributed by atoms with Crippen molar-refractivity contribution in [3.05, 3.63) is 126 Å². The van der Waals surface area contributed by atoms with Crippen LogP contribution < -0.4 is 0 Å². The molecule has 38 heavy (non-hydrogen) atoms. The van der Waals surface area contributed by atoms with Gasteiger partial charge in [0.1, 0.15) is 11.2 Å². The molecule has 0 saturated heterocycles. The predicted octanol–water partition coefficient (Wildman–Crippen LogP) is 9.20. The van der Waals surface area contributed by atoms with Gasteiger partial charge in [-0.25, -0.2) is 15.0 Å². The van der Waals surface area contributed by atoms with Gasteiger partial charge in [0.2, 0.25) is 0 Å². The van der Waals surface area contributed by atoms with Gasteiger partial charge in [0.05, 0.1) is 12.7 Å². The molecule has 0 amide bonds. The molecule has 4 nitrogen and oxygen atoms in total. The quantitative estimate of drug-likeness (QED) is 0.215. The highest BCUT2D eigenvalue weighted by molar-refractivity contribution is 9.10. The number of furan rings is 1. The van der Waals surface area contributed by atoms with Crippen LogP contribution in [0.1, 0.15) is 8.22 Å². The van der Waals surface area contributed by atoms with Crippen molar-refractivity contribution in [1.82, 2.24) is 15.0 Å². The predicted molar refractivity (Wildman–Crippen MR) is 157 cm³/mol. The van der Waals surface area contributed by atoms with Gasteiger partial charge in [-0.05, 0) is 33.6 Å². The Morgan fingerprint density at radius 3 is 1.74 bits per heavy atom. The van der Waals surface area contributed by atoms with Gasteiger partial charge in [-0.1, -0.05) is 109 Å². The summed E-state index contributed by atoms with van der Waals surface area (Å²) in [7, 11) is 0. The van der Waals surface area contributed by atoms with Gasteiger partial charge >= 0.3 is 0 Å². The third-order valence-electron chi connectivity index (χ3n) is 6.18. The van der Waals surface area contributed by atoms with Gasteiger partial charge in [0.25, 0.3) is 0 Å². The molecular formula is C33H20BrN3O. The maximum absolute atomic E-state index is 8.85. The summed E-state index contributed by atoms with van der Waals surface area (Å²) in [5.41, 5.74) is 3.31. The summed E-state index contributed by atoms with van der Waals surface area (Å²) in [6, 6.07) is 24.8. The lowest BCUT2D eigenvalue weighted by Gasteiger charge is -2.10. The van der Waals surface area contributed by atoms with E-state index in [0.717, 1.165) is 11.1 Å². The fourth-order valence-corrected chi connectivity index (χ4v) is 4.75. The van der Waals surface area contributed by atoms with Crippen molar-refractivity contribution in [1.29, 1.82) is 0 Å². The van der Waals surface area contributed by atoms with Gasteiger partial charge in [0, 0.05) is 33.0 Å². The molecule has 2 aromatic heterocycles. The van der Waals surface area contributed by atoms with Gasteiger partial charge in [-0.2, -0.15) is 0 Å². The van der Waals surface area contributed by atoms with E-state index in [1.807, 2.05) is 66.7 Å². The summed E-state index contributed by atoms with van der Waals surface area (Å²) >= 11 is 3.32. The number of halogens is 1. The third-order valence-corrected chi connectivity index (χ3v) is 6.74. The second-order valence-corrected chi connectivity index (χ2v) is 9.36. The van der Waals surface area contributed by atoms with Crippen molar-refractivity contribution in [2.24, 2.45) is 0 Å². The van der Waals surface area contributed by atoms with E-state index in [1.165, 1.54) is 0 Å². The number of para-hydroxylation sites is 2. The molecule has 0 unspecified atom stereocenters. The summed E-state index contributed by atoms with van der Waals surface area (Å²) in [5, 5.41) is 0.305. The van der Waals surface area contributed by atoms with Gasteiger partial charge in [-0.15, -0.1) is 0 Å². The first-order valence-electron chi connectivity index (χ1n) is 14.8. The van der Waals surface area contributed by atoms with Crippen LogP contribution in [0, 0.1) is 0 Å². The minimum Gasteiger partial charge on any atom is -0.454 e. The molecule has 0 spiro atoms. The highest BCUT2D eigenvalue weighted by atomic mass is 79.9. The SMILES string of the molecule is [2H]c1c([2H])c([2H])c2c(oc3c(-c4cccc(-c5nc(-c6ccccc6)nc(-c6ccccc6)n5)c4)c([2H])c([2H])c([2H])c32)c1Br. The van der Waals surface area contributed by atoms with Crippen molar-refractivity contribution in [3.63, 3.8) is 0 Å². The van der Waals surface area contributed by atoms with Crippen LogP contribution >= 0.6 is 15.9 Å². The number of rotatable bonds is 4. The van der Waals surface area contributed by atoms with E-state index in [1.54, 1.807) is 18.2 Å². The molecule has 5 heteroatoms. The first-order valence-corrected chi connectivity index (χ1v) is 12.6. The van der Waals surface area contributed by atoms with E-state index in [-0.39, 0.29) is 68.2 Å². The maximum atomic E-state index is 8.85. The van der Waals surface area contributed by atoms with Crippen molar-refractivity contribution in [2.75, 3.05) is 0 Å². The molecule has 0 N–H and O–H groups in total. The lowest BCUT2D eigenvalue weighted by molar-refractivity contribution is 0.668. The Morgan fingerprint density at radius 2 is 1.08 bits per heavy atom. The highest BCUT2D eigenvalue weighted by Gasteiger charge is 2.16. The van der Waals surface area contributed by atoms with Crippen molar-refractivity contribution >= 4 is 37.9 Å². The molecule has 0 aliphatic carbocycles. The van der Waals surface area contributed by atoms with E-state index in [0.29, 0.717) is 28.6 Å². The van der Waals surface area contributed by atoms with E-state index >= 15 is 0 Å².